The molecule has 2 aliphatic heterocycles. The predicted molar refractivity (Wildman–Crippen MR) is 154 cm³/mol. The highest BCUT2D eigenvalue weighted by Gasteiger charge is 2.36. The summed E-state index contributed by atoms with van der Waals surface area (Å²) in [6.45, 7) is 8.03. The summed E-state index contributed by atoms with van der Waals surface area (Å²) in [6.07, 6.45) is 6.16. The first-order valence-corrected chi connectivity index (χ1v) is 14.1. The van der Waals surface area contributed by atoms with E-state index in [1.54, 1.807) is 30.3 Å². The minimum absolute atomic E-state index is 0.0247. The Morgan fingerprint density at radius 1 is 1.00 bits per heavy atom. The number of hydrogen-bond acceptors (Lipinski definition) is 6. The fourth-order valence-corrected chi connectivity index (χ4v) is 5.75. The molecule has 1 aromatic carbocycles. The fraction of sp³-hybridized carbons (Fsp3) is 0.419. The van der Waals surface area contributed by atoms with Crippen molar-refractivity contribution in [3.63, 3.8) is 0 Å². The van der Waals surface area contributed by atoms with Crippen LogP contribution in [0.5, 0.6) is 5.75 Å². The van der Waals surface area contributed by atoms with E-state index in [9.17, 15) is 9.59 Å². The van der Waals surface area contributed by atoms with E-state index in [2.05, 4.69) is 22.9 Å². The van der Waals surface area contributed by atoms with Gasteiger partial charge in [0.25, 0.3) is 5.91 Å². The lowest BCUT2D eigenvalue weighted by molar-refractivity contribution is 0.0746. The number of anilines is 2. The van der Waals surface area contributed by atoms with Gasteiger partial charge in [-0.15, -0.1) is 0 Å². The third-order valence-electron chi connectivity index (χ3n) is 8.16. The second-order valence-corrected chi connectivity index (χ2v) is 11.1. The topological polar surface area (TPSA) is 82.1 Å². The van der Waals surface area contributed by atoms with Crippen LogP contribution < -0.4 is 14.5 Å². The standard InChI is InChI=1S/C31H36N6O3/c1-21-16-26(24-6-7-24)18-33-29(21)34-12-14-35(15-13-34)30(38)25-8-11-28(32-17-25)37-22(2)19-36(31(37)39)20-23-4-9-27(40-3)10-5-23/h4-5,8-11,16-18,22,24H,6-7,12-15,19-20H2,1-3H3. The molecule has 1 unspecified atom stereocenters. The number of aromatic nitrogens is 2. The molecule has 208 valence electrons. The Morgan fingerprint density at radius 2 is 1.75 bits per heavy atom. The van der Waals surface area contributed by atoms with Crippen LogP contribution in [0, 0.1) is 6.92 Å². The van der Waals surface area contributed by atoms with E-state index in [1.165, 1.54) is 24.0 Å². The van der Waals surface area contributed by atoms with E-state index in [4.69, 9.17) is 9.72 Å². The Morgan fingerprint density at radius 3 is 2.38 bits per heavy atom. The van der Waals surface area contributed by atoms with Crippen molar-refractivity contribution >= 4 is 23.6 Å². The molecule has 1 saturated carbocycles. The van der Waals surface area contributed by atoms with E-state index in [0.717, 1.165) is 30.2 Å². The summed E-state index contributed by atoms with van der Waals surface area (Å²) in [6, 6.07) is 13.5. The maximum Gasteiger partial charge on any atom is 0.326 e. The first-order valence-electron chi connectivity index (χ1n) is 14.1. The normalized spacial score (nSPS) is 19.4. The number of carbonyl (C=O) groups is 2. The number of methoxy groups -OCH3 is 1. The molecule has 6 rings (SSSR count). The highest BCUT2D eigenvalue weighted by molar-refractivity contribution is 5.96. The molecule has 0 spiro atoms. The van der Waals surface area contributed by atoms with Gasteiger partial charge in [-0.05, 0) is 73.6 Å². The zero-order valence-electron chi connectivity index (χ0n) is 23.4. The molecule has 9 heteroatoms. The zero-order chi connectivity index (χ0) is 27.8. The molecule has 40 heavy (non-hydrogen) atoms. The van der Waals surface area contributed by atoms with Crippen LogP contribution in [0.25, 0.3) is 0 Å². The van der Waals surface area contributed by atoms with Crippen molar-refractivity contribution in [2.45, 2.75) is 45.2 Å². The first kappa shape index (κ1) is 26.1. The number of carbonyl (C=O) groups excluding carboxylic acids is 2. The second-order valence-electron chi connectivity index (χ2n) is 11.1. The minimum Gasteiger partial charge on any atom is -0.497 e. The van der Waals surface area contributed by atoms with Crippen LogP contribution in [0.4, 0.5) is 16.4 Å². The van der Waals surface area contributed by atoms with E-state index >= 15 is 0 Å². The number of pyridine rings is 2. The summed E-state index contributed by atoms with van der Waals surface area (Å²) in [5, 5.41) is 0. The molecule has 1 aliphatic carbocycles. The van der Waals surface area contributed by atoms with Crippen molar-refractivity contribution in [2.24, 2.45) is 0 Å². The number of ether oxygens (including phenoxy) is 1. The molecule has 0 bridgehead atoms. The SMILES string of the molecule is COc1ccc(CN2CC(C)N(c3ccc(C(=O)N4CCN(c5ncc(C6CC6)cc5C)CC4)cn3)C2=O)cc1. The highest BCUT2D eigenvalue weighted by Crippen LogP contribution is 2.40. The molecule has 3 aliphatic rings. The van der Waals surface area contributed by atoms with Crippen molar-refractivity contribution in [2.75, 3.05) is 49.6 Å². The third-order valence-corrected chi connectivity index (χ3v) is 8.16. The molecular formula is C31H36N6O3. The quantitative estimate of drug-likeness (QED) is 0.440. The lowest BCUT2D eigenvalue weighted by Crippen LogP contribution is -2.49. The van der Waals surface area contributed by atoms with Gasteiger partial charge in [-0.25, -0.2) is 14.8 Å². The van der Waals surface area contributed by atoms with Gasteiger partial charge in [0, 0.05) is 51.7 Å². The molecule has 9 nitrogen and oxygen atoms in total. The van der Waals surface area contributed by atoms with Crippen molar-refractivity contribution in [3.05, 3.63) is 77.1 Å². The third kappa shape index (κ3) is 5.20. The lowest BCUT2D eigenvalue weighted by Gasteiger charge is -2.36. The van der Waals surface area contributed by atoms with Gasteiger partial charge in [-0.3, -0.25) is 9.69 Å². The number of aryl methyl sites for hydroxylation is 1. The molecule has 3 fully saturated rings. The minimum atomic E-state index is -0.0833. The molecule has 1 atom stereocenters. The largest absolute Gasteiger partial charge is 0.497 e. The van der Waals surface area contributed by atoms with Crippen LogP contribution in [0.3, 0.4) is 0 Å². The maximum atomic E-state index is 13.3. The number of nitrogens with zero attached hydrogens (tertiary/aromatic N) is 6. The van der Waals surface area contributed by atoms with Gasteiger partial charge in [0.2, 0.25) is 0 Å². The van der Waals surface area contributed by atoms with Crippen molar-refractivity contribution in [1.29, 1.82) is 0 Å². The Labute approximate surface area is 235 Å². The average Bonchev–Trinajstić information content (AvgIpc) is 3.79. The predicted octanol–water partition coefficient (Wildman–Crippen LogP) is 4.46. The number of hydrogen-bond donors (Lipinski definition) is 0. The molecule has 2 aromatic heterocycles. The monoisotopic (exact) mass is 540 g/mol. The number of amides is 3. The van der Waals surface area contributed by atoms with Gasteiger partial charge >= 0.3 is 6.03 Å². The van der Waals surface area contributed by atoms with E-state index < -0.39 is 0 Å². The summed E-state index contributed by atoms with van der Waals surface area (Å²) < 4.78 is 5.23. The molecule has 3 aromatic rings. The molecule has 0 radical (unpaired) electrons. The van der Waals surface area contributed by atoms with E-state index in [1.807, 2.05) is 47.2 Å². The average molecular weight is 541 g/mol. The number of rotatable bonds is 7. The lowest BCUT2D eigenvalue weighted by atomic mass is 10.1. The molecule has 2 saturated heterocycles. The summed E-state index contributed by atoms with van der Waals surface area (Å²) >= 11 is 0. The van der Waals surface area contributed by atoms with Crippen LogP contribution in [0.2, 0.25) is 0 Å². The summed E-state index contributed by atoms with van der Waals surface area (Å²) in [5.74, 6) is 3.03. The molecular weight excluding hydrogens is 504 g/mol. The molecule has 0 N–H and O–H groups in total. The van der Waals surface area contributed by atoms with Crippen molar-refractivity contribution in [1.82, 2.24) is 19.8 Å². The van der Waals surface area contributed by atoms with Gasteiger partial charge in [-0.1, -0.05) is 18.2 Å². The second kappa shape index (κ2) is 10.8. The van der Waals surface area contributed by atoms with Gasteiger partial charge < -0.3 is 19.4 Å². The molecule has 3 amide bonds. The molecule has 4 heterocycles. The zero-order valence-corrected chi connectivity index (χ0v) is 23.4. The number of piperazine rings is 1. The van der Waals surface area contributed by atoms with Crippen LogP contribution in [0.1, 0.15) is 52.7 Å². The maximum absolute atomic E-state index is 13.3. The highest BCUT2D eigenvalue weighted by atomic mass is 16.5. The Balaban J connectivity index is 1.06. The first-order chi connectivity index (χ1) is 19.4. The van der Waals surface area contributed by atoms with Crippen LogP contribution in [-0.2, 0) is 6.54 Å². The van der Waals surface area contributed by atoms with Crippen molar-refractivity contribution < 1.29 is 14.3 Å². The van der Waals surface area contributed by atoms with Gasteiger partial charge in [-0.2, -0.15) is 0 Å². The fourth-order valence-electron chi connectivity index (χ4n) is 5.75. The van der Waals surface area contributed by atoms with Gasteiger partial charge in [0.1, 0.15) is 17.4 Å². The smallest absolute Gasteiger partial charge is 0.326 e. The number of urea groups is 1. The van der Waals surface area contributed by atoms with E-state index in [0.29, 0.717) is 43.5 Å². The summed E-state index contributed by atoms with van der Waals surface area (Å²) in [4.78, 5) is 43.5. The van der Waals surface area contributed by atoms with E-state index in [-0.39, 0.29) is 18.0 Å². The van der Waals surface area contributed by atoms with Crippen LogP contribution in [0.15, 0.2) is 54.9 Å². The number of benzene rings is 1. The Kier molecular flexibility index (Phi) is 7.04. The van der Waals surface area contributed by atoms with Crippen molar-refractivity contribution in [3.8, 4) is 5.75 Å². The summed E-state index contributed by atoms with van der Waals surface area (Å²) in [5.41, 5.74) is 4.13. The van der Waals surface area contributed by atoms with Gasteiger partial charge in [0.15, 0.2) is 0 Å². The summed E-state index contributed by atoms with van der Waals surface area (Å²) in [7, 11) is 1.64. The Hall–Kier alpha value is -4.14. The van der Waals surface area contributed by atoms with Gasteiger partial charge in [0.05, 0.1) is 18.7 Å². The van der Waals surface area contributed by atoms with Crippen LogP contribution in [-0.4, -0.2) is 77.6 Å². The van der Waals surface area contributed by atoms with Crippen LogP contribution >= 0.6 is 0 Å². The Bertz CT molecular complexity index is 1380.